The molecule has 74 valence electrons. The van der Waals surface area contributed by atoms with E-state index in [1.807, 2.05) is 13.8 Å². The second-order valence-corrected chi connectivity index (χ2v) is 3.33. The van der Waals surface area contributed by atoms with Gasteiger partial charge in [-0.05, 0) is 32.1 Å². The van der Waals surface area contributed by atoms with Crippen LogP contribution in [0.5, 0.6) is 0 Å². The molecule has 0 saturated heterocycles. The van der Waals surface area contributed by atoms with Gasteiger partial charge in [-0.25, -0.2) is 0 Å². The molecule has 2 N–H and O–H groups in total. The van der Waals surface area contributed by atoms with Crippen molar-refractivity contribution >= 4 is 5.78 Å². The molecule has 0 spiro atoms. The summed E-state index contributed by atoms with van der Waals surface area (Å²) in [6, 6.07) is 3.42. The van der Waals surface area contributed by atoms with Gasteiger partial charge in [-0.3, -0.25) is 9.78 Å². The SMILES string of the molecule is CC(C)=CC(=O)c1ccnc(CN)c1. The minimum atomic E-state index is 0.00194. The van der Waals surface area contributed by atoms with Crippen LogP contribution in [-0.4, -0.2) is 10.8 Å². The van der Waals surface area contributed by atoms with Crippen LogP contribution < -0.4 is 5.73 Å². The van der Waals surface area contributed by atoms with E-state index in [1.54, 1.807) is 24.4 Å². The Morgan fingerprint density at radius 1 is 1.57 bits per heavy atom. The molecule has 1 aromatic heterocycles. The number of hydrogen-bond donors (Lipinski definition) is 1. The number of allylic oxidation sites excluding steroid dienone is 2. The lowest BCUT2D eigenvalue weighted by molar-refractivity contribution is 0.104. The Morgan fingerprint density at radius 2 is 2.29 bits per heavy atom. The first kappa shape index (κ1) is 10.6. The molecule has 0 aliphatic carbocycles. The molecule has 0 aliphatic rings. The standard InChI is InChI=1S/C11H14N2O/c1-8(2)5-11(14)9-3-4-13-10(6-9)7-12/h3-6H,7,12H2,1-2H3. The number of rotatable bonds is 3. The number of hydrogen-bond acceptors (Lipinski definition) is 3. The molecule has 1 aromatic rings. The van der Waals surface area contributed by atoms with Crippen molar-refractivity contribution in [2.75, 3.05) is 0 Å². The summed E-state index contributed by atoms with van der Waals surface area (Å²) in [7, 11) is 0. The summed E-state index contributed by atoms with van der Waals surface area (Å²) in [4.78, 5) is 15.6. The zero-order chi connectivity index (χ0) is 10.6. The molecule has 0 fully saturated rings. The molecule has 0 bridgehead atoms. The average molecular weight is 190 g/mol. The molecule has 0 aromatic carbocycles. The molecule has 0 amide bonds. The Kier molecular flexibility index (Phi) is 3.54. The number of carbonyl (C=O) groups excluding carboxylic acids is 1. The van der Waals surface area contributed by atoms with Crippen LogP contribution >= 0.6 is 0 Å². The van der Waals surface area contributed by atoms with Gasteiger partial charge in [0.25, 0.3) is 0 Å². The van der Waals surface area contributed by atoms with E-state index in [2.05, 4.69) is 4.98 Å². The van der Waals surface area contributed by atoms with Gasteiger partial charge < -0.3 is 5.73 Å². The van der Waals surface area contributed by atoms with Gasteiger partial charge in [0.1, 0.15) is 0 Å². The normalized spacial score (nSPS) is 9.64. The van der Waals surface area contributed by atoms with Gasteiger partial charge in [0.2, 0.25) is 0 Å². The lowest BCUT2D eigenvalue weighted by Gasteiger charge is -1.99. The largest absolute Gasteiger partial charge is 0.325 e. The molecule has 0 radical (unpaired) electrons. The zero-order valence-corrected chi connectivity index (χ0v) is 8.45. The van der Waals surface area contributed by atoms with Crippen molar-refractivity contribution in [3.8, 4) is 0 Å². The second kappa shape index (κ2) is 4.67. The summed E-state index contributed by atoms with van der Waals surface area (Å²) in [5.74, 6) is 0.00194. The summed E-state index contributed by atoms with van der Waals surface area (Å²) >= 11 is 0. The Bertz CT molecular complexity index is 365. The summed E-state index contributed by atoms with van der Waals surface area (Å²) < 4.78 is 0. The van der Waals surface area contributed by atoms with Crippen molar-refractivity contribution in [1.82, 2.24) is 4.98 Å². The number of aromatic nitrogens is 1. The first-order valence-corrected chi connectivity index (χ1v) is 4.47. The van der Waals surface area contributed by atoms with Crippen LogP contribution in [-0.2, 0) is 6.54 Å². The highest BCUT2D eigenvalue weighted by Crippen LogP contribution is 2.04. The molecule has 1 rings (SSSR count). The topological polar surface area (TPSA) is 56.0 Å². The van der Waals surface area contributed by atoms with Gasteiger partial charge >= 0.3 is 0 Å². The maximum absolute atomic E-state index is 11.6. The first-order chi connectivity index (χ1) is 6.63. The summed E-state index contributed by atoms with van der Waals surface area (Å²) in [6.45, 7) is 4.14. The van der Waals surface area contributed by atoms with Crippen molar-refractivity contribution in [2.45, 2.75) is 20.4 Å². The molecule has 0 aliphatic heterocycles. The Morgan fingerprint density at radius 3 is 2.86 bits per heavy atom. The molecule has 0 saturated carbocycles. The third kappa shape index (κ3) is 2.78. The molecule has 0 atom stereocenters. The fourth-order valence-electron chi connectivity index (χ4n) is 1.09. The number of nitrogens with two attached hydrogens (primary N) is 1. The van der Waals surface area contributed by atoms with Gasteiger partial charge in [0, 0.05) is 18.3 Å². The van der Waals surface area contributed by atoms with Crippen LogP contribution in [0.2, 0.25) is 0 Å². The van der Waals surface area contributed by atoms with E-state index in [9.17, 15) is 4.79 Å². The van der Waals surface area contributed by atoms with Crippen LogP contribution in [0.3, 0.4) is 0 Å². The summed E-state index contributed by atoms with van der Waals surface area (Å²) in [6.07, 6.45) is 3.21. The van der Waals surface area contributed by atoms with Gasteiger partial charge in [-0.2, -0.15) is 0 Å². The van der Waals surface area contributed by atoms with Crippen LogP contribution in [0, 0.1) is 0 Å². The van der Waals surface area contributed by atoms with E-state index in [4.69, 9.17) is 5.73 Å². The molecular weight excluding hydrogens is 176 g/mol. The molecule has 3 heteroatoms. The smallest absolute Gasteiger partial charge is 0.185 e. The number of carbonyl (C=O) groups is 1. The third-order valence-corrected chi connectivity index (χ3v) is 1.73. The quantitative estimate of drug-likeness (QED) is 0.583. The number of nitrogens with zero attached hydrogens (tertiary/aromatic N) is 1. The van der Waals surface area contributed by atoms with Gasteiger partial charge in [-0.1, -0.05) is 5.57 Å². The van der Waals surface area contributed by atoms with Gasteiger partial charge in [0.05, 0.1) is 5.69 Å². The highest BCUT2D eigenvalue weighted by Gasteiger charge is 2.02. The van der Waals surface area contributed by atoms with Gasteiger partial charge in [0.15, 0.2) is 5.78 Å². The van der Waals surface area contributed by atoms with E-state index < -0.39 is 0 Å². The van der Waals surface area contributed by atoms with Crippen LogP contribution in [0.15, 0.2) is 30.0 Å². The van der Waals surface area contributed by atoms with Crippen molar-refractivity contribution in [3.63, 3.8) is 0 Å². The minimum absolute atomic E-state index is 0.00194. The van der Waals surface area contributed by atoms with Crippen molar-refractivity contribution < 1.29 is 4.79 Å². The molecule has 0 unspecified atom stereocenters. The summed E-state index contributed by atoms with van der Waals surface area (Å²) in [5, 5.41) is 0. The maximum atomic E-state index is 11.6. The lowest BCUT2D eigenvalue weighted by atomic mass is 10.1. The average Bonchev–Trinajstić information content (AvgIpc) is 2.17. The van der Waals surface area contributed by atoms with Crippen LogP contribution in [0.4, 0.5) is 0 Å². The molecular formula is C11H14N2O. The highest BCUT2D eigenvalue weighted by molar-refractivity contribution is 6.04. The summed E-state index contributed by atoms with van der Waals surface area (Å²) in [5.41, 5.74) is 7.79. The predicted octanol–water partition coefficient (Wildman–Crippen LogP) is 1.69. The van der Waals surface area contributed by atoms with Crippen molar-refractivity contribution in [1.29, 1.82) is 0 Å². The van der Waals surface area contributed by atoms with E-state index in [-0.39, 0.29) is 5.78 Å². The fraction of sp³-hybridized carbons (Fsp3) is 0.273. The molecule has 3 nitrogen and oxygen atoms in total. The van der Waals surface area contributed by atoms with Crippen molar-refractivity contribution in [3.05, 3.63) is 41.2 Å². The number of ketones is 1. The van der Waals surface area contributed by atoms with Gasteiger partial charge in [-0.15, -0.1) is 0 Å². The van der Waals surface area contributed by atoms with Crippen LogP contribution in [0.1, 0.15) is 29.9 Å². The Labute approximate surface area is 83.7 Å². The van der Waals surface area contributed by atoms with Crippen molar-refractivity contribution in [2.24, 2.45) is 5.73 Å². The maximum Gasteiger partial charge on any atom is 0.185 e. The van der Waals surface area contributed by atoms with E-state index in [1.165, 1.54) is 0 Å². The second-order valence-electron chi connectivity index (χ2n) is 3.33. The fourth-order valence-corrected chi connectivity index (χ4v) is 1.09. The van der Waals surface area contributed by atoms with Crippen LogP contribution in [0.25, 0.3) is 0 Å². The predicted molar refractivity (Wildman–Crippen MR) is 55.9 cm³/mol. The highest BCUT2D eigenvalue weighted by atomic mass is 16.1. The van der Waals surface area contributed by atoms with E-state index in [0.717, 1.165) is 11.3 Å². The van der Waals surface area contributed by atoms with E-state index >= 15 is 0 Å². The molecule has 14 heavy (non-hydrogen) atoms. The number of pyridine rings is 1. The zero-order valence-electron chi connectivity index (χ0n) is 8.45. The third-order valence-electron chi connectivity index (χ3n) is 1.73. The first-order valence-electron chi connectivity index (χ1n) is 4.47. The minimum Gasteiger partial charge on any atom is -0.325 e. The monoisotopic (exact) mass is 190 g/mol. The molecule has 1 heterocycles. The lowest BCUT2D eigenvalue weighted by Crippen LogP contribution is -2.02. The Hall–Kier alpha value is -1.48. The van der Waals surface area contributed by atoms with E-state index in [0.29, 0.717) is 12.1 Å². The Balaban J connectivity index is 2.96.